The number of halogens is 2. The second kappa shape index (κ2) is 6.80. The molecule has 5 nitrogen and oxygen atoms in total. The van der Waals surface area contributed by atoms with Gasteiger partial charge < -0.3 is 9.67 Å². The number of carbonyl (C=O) groups is 1. The van der Waals surface area contributed by atoms with Crippen LogP contribution in [0.25, 0.3) is 10.9 Å². The van der Waals surface area contributed by atoms with Gasteiger partial charge in [0.05, 0.1) is 10.9 Å². The molecule has 128 valence electrons. The van der Waals surface area contributed by atoms with Gasteiger partial charge in [-0.15, -0.1) is 0 Å². The Balaban J connectivity index is 2.04. The Bertz CT molecular complexity index is 1010. The number of aryl methyl sites for hydroxylation is 2. The first kappa shape index (κ1) is 16.8. The molecule has 0 aliphatic carbocycles. The molecular formula is C18H14F2N2O3. The number of hydrogen-bond donors (Lipinski definition) is 1. The van der Waals surface area contributed by atoms with Crippen LogP contribution in [0.15, 0.2) is 47.3 Å². The van der Waals surface area contributed by atoms with Crippen LogP contribution in [-0.2, 0) is 24.2 Å². The van der Waals surface area contributed by atoms with E-state index in [4.69, 9.17) is 5.11 Å². The summed E-state index contributed by atoms with van der Waals surface area (Å²) in [6.07, 6.45) is 0.196. The van der Waals surface area contributed by atoms with Gasteiger partial charge in [-0.2, -0.15) is 4.98 Å². The first-order valence-corrected chi connectivity index (χ1v) is 7.60. The highest BCUT2D eigenvalue weighted by Gasteiger charge is 2.14. The smallest absolute Gasteiger partial charge is 0.323 e. The summed E-state index contributed by atoms with van der Waals surface area (Å²) in [4.78, 5) is 27.3. The summed E-state index contributed by atoms with van der Waals surface area (Å²) < 4.78 is 28.5. The number of fused-ring (bicyclic) bond motifs is 1. The van der Waals surface area contributed by atoms with E-state index in [0.717, 1.165) is 18.2 Å². The number of aliphatic carboxylic acids is 1. The minimum absolute atomic E-state index is 0.0913. The van der Waals surface area contributed by atoms with Crippen LogP contribution in [0.1, 0.15) is 11.4 Å². The number of carboxylic acid groups (broad SMARTS) is 1. The lowest BCUT2D eigenvalue weighted by Crippen LogP contribution is -2.22. The molecular weight excluding hydrogens is 330 g/mol. The van der Waals surface area contributed by atoms with Crippen molar-refractivity contribution in [3.8, 4) is 0 Å². The molecule has 1 N–H and O–H groups in total. The summed E-state index contributed by atoms with van der Waals surface area (Å²) in [5.74, 6) is -2.00. The predicted octanol–water partition coefficient (Wildman–Crippen LogP) is 2.54. The van der Waals surface area contributed by atoms with Crippen molar-refractivity contribution in [3.05, 3.63) is 75.8 Å². The summed E-state index contributed by atoms with van der Waals surface area (Å²) in [5.41, 5.74) is 0.107. The molecule has 0 atom stereocenters. The highest BCUT2D eigenvalue weighted by atomic mass is 19.1. The molecule has 0 amide bonds. The van der Waals surface area contributed by atoms with Crippen LogP contribution in [0.5, 0.6) is 0 Å². The van der Waals surface area contributed by atoms with E-state index in [2.05, 4.69) is 4.98 Å². The Morgan fingerprint density at radius 2 is 1.88 bits per heavy atom. The zero-order valence-corrected chi connectivity index (χ0v) is 13.1. The number of rotatable bonds is 5. The molecule has 0 spiro atoms. The van der Waals surface area contributed by atoms with Gasteiger partial charge in [0.15, 0.2) is 0 Å². The van der Waals surface area contributed by atoms with Gasteiger partial charge in [-0.3, -0.25) is 9.59 Å². The van der Waals surface area contributed by atoms with E-state index in [1.807, 2.05) is 0 Å². The fourth-order valence-corrected chi connectivity index (χ4v) is 2.75. The lowest BCUT2D eigenvalue weighted by molar-refractivity contribution is -0.137. The molecule has 0 bridgehead atoms. The third kappa shape index (κ3) is 3.55. The van der Waals surface area contributed by atoms with E-state index in [1.165, 1.54) is 4.57 Å². The van der Waals surface area contributed by atoms with Crippen LogP contribution in [-0.4, -0.2) is 20.6 Å². The molecule has 0 aliphatic rings. The van der Waals surface area contributed by atoms with Gasteiger partial charge in [-0.1, -0.05) is 12.1 Å². The number of hydrogen-bond acceptors (Lipinski definition) is 3. The third-order valence-electron chi connectivity index (χ3n) is 3.89. The lowest BCUT2D eigenvalue weighted by Gasteiger charge is -2.14. The van der Waals surface area contributed by atoms with Crippen LogP contribution in [0.4, 0.5) is 8.78 Å². The first-order valence-electron chi connectivity index (χ1n) is 7.60. The third-order valence-corrected chi connectivity index (χ3v) is 3.89. The molecule has 0 radical (unpaired) electrons. The summed E-state index contributed by atoms with van der Waals surface area (Å²) in [7, 11) is 0. The monoisotopic (exact) mass is 344 g/mol. The van der Waals surface area contributed by atoms with Crippen LogP contribution < -0.4 is 5.56 Å². The van der Waals surface area contributed by atoms with Gasteiger partial charge in [0, 0.05) is 6.42 Å². The van der Waals surface area contributed by atoms with E-state index in [1.54, 1.807) is 24.3 Å². The summed E-state index contributed by atoms with van der Waals surface area (Å²) >= 11 is 0. The minimum atomic E-state index is -1.09. The van der Waals surface area contributed by atoms with E-state index in [0.29, 0.717) is 10.9 Å². The number of nitrogens with zero attached hydrogens (tertiary/aromatic N) is 2. The van der Waals surface area contributed by atoms with E-state index >= 15 is 0 Å². The normalized spacial score (nSPS) is 11.0. The second-order valence-corrected chi connectivity index (χ2v) is 5.57. The number of carboxylic acids is 1. The maximum Gasteiger partial charge on any atom is 0.323 e. The van der Waals surface area contributed by atoms with Crippen molar-refractivity contribution in [1.82, 2.24) is 9.55 Å². The van der Waals surface area contributed by atoms with Crippen LogP contribution in [0.3, 0.4) is 0 Å². The van der Waals surface area contributed by atoms with Crippen molar-refractivity contribution in [1.29, 1.82) is 0 Å². The molecule has 7 heteroatoms. The highest BCUT2D eigenvalue weighted by Crippen LogP contribution is 2.15. The summed E-state index contributed by atoms with van der Waals surface area (Å²) in [5, 5.41) is 9.46. The average Bonchev–Trinajstić information content (AvgIpc) is 2.58. The molecule has 0 fully saturated rings. The van der Waals surface area contributed by atoms with Crippen molar-refractivity contribution in [2.75, 3.05) is 0 Å². The van der Waals surface area contributed by atoms with Crippen LogP contribution >= 0.6 is 0 Å². The molecule has 1 aromatic heterocycles. The molecule has 0 aliphatic heterocycles. The maximum absolute atomic E-state index is 13.8. The minimum Gasteiger partial charge on any atom is -0.480 e. The largest absolute Gasteiger partial charge is 0.480 e. The maximum atomic E-state index is 13.8. The lowest BCUT2D eigenvalue weighted by atomic mass is 10.1. The number of aromatic nitrogens is 2. The van der Waals surface area contributed by atoms with Crippen molar-refractivity contribution >= 4 is 16.9 Å². The molecule has 1 heterocycles. The SMILES string of the molecule is O=C(O)Cn1c(CCc2cc(F)ccc2F)nc(=O)c2ccccc21. The molecule has 25 heavy (non-hydrogen) atoms. The van der Waals surface area contributed by atoms with Gasteiger partial charge >= 0.3 is 5.97 Å². The Morgan fingerprint density at radius 1 is 1.12 bits per heavy atom. The van der Waals surface area contributed by atoms with Crippen molar-refractivity contribution in [2.24, 2.45) is 0 Å². The average molecular weight is 344 g/mol. The molecule has 3 rings (SSSR count). The molecule has 3 aromatic rings. The van der Waals surface area contributed by atoms with Crippen molar-refractivity contribution in [2.45, 2.75) is 19.4 Å². The second-order valence-electron chi connectivity index (χ2n) is 5.57. The number of para-hydroxylation sites is 1. The predicted molar refractivity (Wildman–Crippen MR) is 87.4 cm³/mol. The summed E-state index contributed by atoms with van der Waals surface area (Å²) in [6.45, 7) is -0.380. The van der Waals surface area contributed by atoms with Gasteiger partial charge in [-0.05, 0) is 42.3 Å². The fourth-order valence-electron chi connectivity index (χ4n) is 2.75. The van der Waals surface area contributed by atoms with Crippen molar-refractivity contribution in [3.63, 3.8) is 0 Å². The zero-order valence-electron chi connectivity index (χ0n) is 13.1. The quantitative estimate of drug-likeness (QED) is 0.772. The Hall–Kier alpha value is -3.09. The Morgan fingerprint density at radius 3 is 2.64 bits per heavy atom. The van der Waals surface area contributed by atoms with Crippen molar-refractivity contribution < 1.29 is 18.7 Å². The molecule has 0 unspecified atom stereocenters. The molecule has 2 aromatic carbocycles. The van der Waals surface area contributed by atoms with E-state index in [-0.39, 0.29) is 30.8 Å². The van der Waals surface area contributed by atoms with Gasteiger partial charge in [0.25, 0.3) is 5.56 Å². The number of benzene rings is 2. The highest BCUT2D eigenvalue weighted by molar-refractivity contribution is 5.79. The summed E-state index contributed by atoms with van der Waals surface area (Å²) in [6, 6.07) is 9.69. The van der Waals surface area contributed by atoms with Crippen LogP contribution in [0.2, 0.25) is 0 Å². The topological polar surface area (TPSA) is 72.2 Å². The van der Waals surface area contributed by atoms with Crippen LogP contribution in [0, 0.1) is 11.6 Å². The first-order chi connectivity index (χ1) is 12.0. The van der Waals surface area contributed by atoms with E-state index < -0.39 is 23.2 Å². The van der Waals surface area contributed by atoms with Gasteiger partial charge in [0.2, 0.25) is 0 Å². The standard InChI is InChI=1S/C18H14F2N2O3/c19-12-6-7-14(20)11(9-12)5-8-16-21-18(25)13-3-1-2-4-15(13)22(16)10-17(23)24/h1-4,6-7,9H,5,8,10H2,(H,23,24). The van der Waals surface area contributed by atoms with E-state index in [9.17, 15) is 18.4 Å². The zero-order chi connectivity index (χ0) is 18.0. The molecule has 0 saturated carbocycles. The Kier molecular flexibility index (Phi) is 4.56. The fraction of sp³-hybridized carbons (Fsp3) is 0.167. The molecule has 0 saturated heterocycles. The van der Waals surface area contributed by atoms with Gasteiger partial charge in [-0.25, -0.2) is 8.78 Å². The van der Waals surface area contributed by atoms with Gasteiger partial charge in [0.1, 0.15) is 24.0 Å². The Labute approximate surface area is 141 Å².